The maximum absolute atomic E-state index is 4.90. The van der Waals surface area contributed by atoms with Crippen LogP contribution in [0.5, 0.6) is 0 Å². The average Bonchev–Trinajstić information content (AvgIpc) is 2.33. The van der Waals surface area contributed by atoms with Crippen molar-refractivity contribution in [3.63, 3.8) is 0 Å². The lowest BCUT2D eigenvalue weighted by Crippen LogP contribution is -2.26. The quantitative estimate of drug-likeness (QED) is 0.465. The fourth-order valence-corrected chi connectivity index (χ4v) is 0.616. The number of nitrogens with one attached hydrogen (secondary N) is 1. The molecule has 2 rings (SSSR count). The summed E-state index contributed by atoms with van der Waals surface area (Å²) in [5.74, 6) is 0.975. The minimum Gasteiger partial charge on any atom is -0.436 e. The molecule has 2 radical (unpaired) electrons. The van der Waals surface area contributed by atoms with Crippen molar-refractivity contribution in [2.45, 2.75) is 0 Å². The van der Waals surface area contributed by atoms with Crippen molar-refractivity contribution in [2.75, 3.05) is 6.79 Å². The summed E-state index contributed by atoms with van der Waals surface area (Å²) in [6, 6.07) is 0. The van der Waals surface area contributed by atoms with Crippen LogP contribution in [0.1, 0.15) is 0 Å². The fourth-order valence-electron chi connectivity index (χ4n) is 0.616. The molecular weight excluding hydrogens is 122 g/mol. The molecule has 5 nitrogen and oxygen atoms in total. The first kappa shape index (κ1) is 4.63. The summed E-state index contributed by atoms with van der Waals surface area (Å²) in [5, 5.41) is 0. The second-order valence-corrected chi connectivity index (χ2v) is 1.53. The van der Waals surface area contributed by atoms with Crippen molar-refractivity contribution in [3.8, 4) is 0 Å². The Balaban J connectivity index is 2.28. The van der Waals surface area contributed by atoms with Crippen LogP contribution in [0.4, 0.5) is 0 Å². The molecule has 0 amide bonds. The van der Waals surface area contributed by atoms with Gasteiger partial charge in [0, 0.05) is 0 Å². The Morgan fingerprint density at radius 3 is 3.56 bits per heavy atom. The van der Waals surface area contributed by atoms with Crippen molar-refractivity contribution in [3.05, 3.63) is 11.8 Å². The summed E-state index contributed by atoms with van der Waals surface area (Å²) in [6.07, 6.45) is 1.37. The van der Waals surface area contributed by atoms with Crippen molar-refractivity contribution in [1.29, 1.82) is 0 Å². The molecule has 46 valence electrons. The van der Waals surface area contributed by atoms with E-state index in [1.54, 1.807) is 0 Å². The predicted octanol–water partition coefficient (Wildman–Crippen LogP) is -0.732. The Kier molecular flexibility index (Phi) is 0.837. The van der Waals surface area contributed by atoms with Gasteiger partial charge in [0.2, 0.25) is 6.79 Å². The highest BCUT2D eigenvalue weighted by molar-refractivity contribution is 5.56. The summed E-state index contributed by atoms with van der Waals surface area (Å²) in [5.41, 5.74) is 6.20. The lowest BCUT2D eigenvalue weighted by Gasteiger charge is -1.92. The number of rotatable bonds is 0. The number of aliphatic imine (C=N–C) groups is 1. The van der Waals surface area contributed by atoms with Crippen LogP contribution in [0.25, 0.3) is 0 Å². The molecule has 0 saturated carbocycles. The van der Waals surface area contributed by atoms with Gasteiger partial charge in [0.05, 0.1) is 0 Å². The first-order chi connectivity index (χ1) is 4.47. The van der Waals surface area contributed by atoms with Crippen LogP contribution in [0.3, 0.4) is 0 Å². The normalized spacial score (nSPS) is 22.2. The Bertz CT molecular complexity index is 186. The molecule has 0 saturated heterocycles. The minimum atomic E-state index is 0.227. The van der Waals surface area contributed by atoms with Gasteiger partial charge in [-0.05, 0) is 0 Å². The van der Waals surface area contributed by atoms with Gasteiger partial charge in [-0.25, -0.2) is 0 Å². The number of hydrogen-bond donors (Lipinski definition) is 1. The Hall–Kier alpha value is -1.23. The van der Waals surface area contributed by atoms with Crippen LogP contribution >= 0.6 is 0 Å². The average molecular weight is 126 g/mol. The van der Waals surface area contributed by atoms with Crippen molar-refractivity contribution >= 4 is 6.34 Å². The molecule has 1 N–H and O–H groups in total. The molecule has 2 aliphatic heterocycles. The molecule has 2 heterocycles. The molecule has 2 aliphatic rings. The lowest BCUT2D eigenvalue weighted by atomic mass is 10.7. The Labute approximate surface area is 51.3 Å². The highest BCUT2D eigenvalue weighted by Gasteiger charge is 2.25. The third-order valence-electron chi connectivity index (χ3n) is 0.992. The zero-order valence-electron chi connectivity index (χ0n) is 4.50. The van der Waals surface area contributed by atoms with Gasteiger partial charge < -0.3 is 9.47 Å². The maximum atomic E-state index is 4.90. The van der Waals surface area contributed by atoms with E-state index in [0.717, 1.165) is 0 Å². The van der Waals surface area contributed by atoms with Crippen LogP contribution in [0.15, 0.2) is 16.8 Å². The molecule has 0 unspecified atom stereocenters. The van der Waals surface area contributed by atoms with E-state index < -0.39 is 0 Å². The third-order valence-corrected chi connectivity index (χ3v) is 0.992. The maximum Gasteiger partial charge on any atom is 0.345 e. The van der Waals surface area contributed by atoms with Crippen molar-refractivity contribution < 1.29 is 9.47 Å². The largest absolute Gasteiger partial charge is 0.436 e. The highest BCUT2D eigenvalue weighted by Crippen LogP contribution is 2.14. The second-order valence-electron chi connectivity index (χ2n) is 1.53. The van der Waals surface area contributed by atoms with Crippen LogP contribution in [-0.2, 0) is 9.47 Å². The van der Waals surface area contributed by atoms with Gasteiger partial charge in [0.1, 0.15) is 0 Å². The molecule has 0 spiro atoms. The van der Waals surface area contributed by atoms with E-state index in [9.17, 15) is 0 Å². The van der Waals surface area contributed by atoms with E-state index in [1.807, 2.05) is 0 Å². The minimum absolute atomic E-state index is 0.227. The monoisotopic (exact) mass is 126 g/mol. The van der Waals surface area contributed by atoms with Crippen molar-refractivity contribution in [1.82, 2.24) is 10.9 Å². The van der Waals surface area contributed by atoms with Gasteiger partial charge in [-0.3, -0.25) is 0 Å². The van der Waals surface area contributed by atoms with Crippen LogP contribution in [0, 0.1) is 0 Å². The topological polar surface area (TPSA) is 57.0 Å². The van der Waals surface area contributed by atoms with Crippen molar-refractivity contribution in [2.24, 2.45) is 4.99 Å². The molecule has 5 heteroatoms. The molecule has 9 heavy (non-hydrogen) atoms. The zero-order chi connectivity index (χ0) is 6.10. The van der Waals surface area contributed by atoms with Gasteiger partial charge in [0.15, 0.2) is 0 Å². The summed E-state index contributed by atoms with van der Waals surface area (Å²) in [4.78, 5) is 3.77. The van der Waals surface area contributed by atoms with Gasteiger partial charge >= 0.3 is 12.2 Å². The molecule has 0 aromatic heterocycles. The number of nitrogens with zero attached hydrogens (tertiary/aromatic N) is 2. The van der Waals surface area contributed by atoms with Gasteiger partial charge in [-0.2, -0.15) is 0 Å². The summed E-state index contributed by atoms with van der Waals surface area (Å²) >= 11 is 0. The van der Waals surface area contributed by atoms with E-state index in [4.69, 9.17) is 9.47 Å². The molecule has 0 atom stereocenters. The summed E-state index contributed by atoms with van der Waals surface area (Å²) in [6.45, 7) is 0.227. The smallest absolute Gasteiger partial charge is 0.345 e. The Morgan fingerprint density at radius 1 is 1.67 bits per heavy atom. The fraction of sp³-hybridized carbons (Fsp3) is 0.250. The molecule has 0 fully saturated rings. The van der Waals surface area contributed by atoms with Gasteiger partial charge in [-0.15, -0.1) is 4.99 Å². The highest BCUT2D eigenvalue weighted by atomic mass is 16.7. The number of hydrogen-bond acceptors (Lipinski definition) is 4. The van der Waals surface area contributed by atoms with E-state index in [1.165, 1.54) is 6.34 Å². The van der Waals surface area contributed by atoms with Crippen LogP contribution in [-0.4, -0.2) is 13.1 Å². The predicted molar refractivity (Wildman–Crippen MR) is 27.8 cm³/mol. The van der Waals surface area contributed by atoms with E-state index in [2.05, 4.69) is 15.8 Å². The van der Waals surface area contributed by atoms with Gasteiger partial charge in [0.25, 0.3) is 11.3 Å². The summed E-state index contributed by atoms with van der Waals surface area (Å²) in [7, 11) is 0. The first-order valence-electron chi connectivity index (χ1n) is 2.45. The van der Waals surface area contributed by atoms with Gasteiger partial charge in [-0.1, -0.05) is 5.43 Å². The molecule has 0 aliphatic carbocycles. The molecular formula is C4H4N3O2+. The third kappa shape index (κ3) is 0.619. The SMILES string of the molecule is C1=NC2=C(N[N+]1)OCO2. The zero-order valence-corrected chi connectivity index (χ0v) is 4.50. The second kappa shape index (κ2) is 1.63. The molecule has 0 aromatic carbocycles. The van der Waals surface area contributed by atoms with Crippen LogP contribution < -0.4 is 10.9 Å². The molecule has 0 aromatic rings. The lowest BCUT2D eigenvalue weighted by molar-refractivity contribution is 0.0660. The molecule has 0 bridgehead atoms. The standard InChI is InChI=1S/C4H4N3O2/c1-5-3-4(7-6-1)9-2-8-3/h1,7H,2H2/q+1. The van der Waals surface area contributed by atoms with E-state index in [-0.39, 0.29) is 6.79 Å². The van der Waals surface area contributed by atoms with E-state index in [0.29, 0.717) is 11.8 Å². The van der Waals surface area contributed by atoms with E-state index >= 15 is 0 Å². The van der Waals surface area contributed by atoms with Crippen LogP contribution in [0.2, 0.25) is 0 Å². The summed E-state index contributed by atoms with van der Waals surface area (Å²) < 4.78 is 9.79. The Morgan fingerprint density at radius 2 is 2.67 bits per heavy atom. The first-order valence-corrected chi connectivity index (χ1v) is 2.45. The number of ether oxygens (including phenoxy) is 2.